The summed E-state index contributed by atoms with van der Waals surface area (Å²) >= 11 is 0. The smallest absolute Gasteiger partial charge is 0.246 e. The first-order valence-corrected chi connectivity index (χ1v) is 7.99. The van der Waals surface area contributed by atoms with Crippen LogP contribution in [-0.2, 0) is 9.59 Å². The molecule has 0 aromatic rings. The fourth-order valence-corrected chi connectivity index (χ4v) is 3.63. The molecule has 4 nitrogen and oxygen atoms in total. The molecule has 20 heavy (non-hydrogen) atoms. The Morgan fingerprint density at radius 1 is 1.30 bits per heavy atom. The molecule has 114 valence electrons. The number of nitrogens with one attached hydrogen (secondary N) is 1. The first kappa shape index (κ1) is 15.3. The number of piperazine rings is 1. The number of hydrogen-bond acceptors (Lipinski definition) is 2. The van der Waals surface area contributed by atoms with E-state index in [1.807, 2.05) is 25.7 Å². The van der Waals surface area contributed by atoms with Gasteiger partial charge in [-0.3, -0.25) is 9.59 Å². The number of hydrogen-bond donors (Lipinski definition) is 1. The van der Waals surface area contributed by atoms with E-state index in [2.05, 4.69) is 12.2 Å². The molecule has 2 atom stereocenters. The van der Waals surface area contributed by atoms with Crippen molar-refractivity contribution in [2.75, 3.05) is 6.54 Å². The molecule has 1 N–H and O–H groups in total. The molecule has 1 aliphatic heterocycles. The van der Waals surface area contributed by atoms with Crippen LogP contribution in [0.5, 0.6) is 0 Å². The average Bonchev–Trinajstić information content (AvgIpc) is 2.80. The average molecular weight is 280 g/mol. The Morgan fingerprint density at radius 2 is 1.90 bits per heavy atom. The van der Waals surface area contributed by atoms with Crippen molar-refractivity contribution in [2.45, 2.75) is 71.9 Å². The van der Waals surface area contributed by atoms with Gasteiger partial charge in [-0.05, 0) is 30.6 Å². The fraction of sp³-hybridized carbons (Fsp3) is 0.875. The van der Waals surface area contributed by atoms with Crippen molar-refractivity contribution in [2.24, 2.45) is 11.3 Å². The first-order valence-electron chi connectivity index (χ1n) is 7.99. The summed E-state index contributed by atoms with van der Waals surface area (Å²) in [6.45, 7) is 8.96. The van der Waals surface area contributed by atoms with E-state index in [-0.39, 0.29) is 35.2 Å². The zero-order chi connectivity index (χ0) is 14.9. The van der Waals surface area contributed by atoms with Crippen LogP contribution >= 0.6 is 0 Å². The lowest BCUT2D eigenvalue weighted by atomic mass is 9.86. The first-order chi connectivity index (χ1) is 9.38. The minimum atomic E-state index is -0.352. The van der Waals surface area contributed by atoms with Gasteiger partial charge >= 0.3 is 0 Å². The van der Waals surface area contributed by atoms with Gasteiger partial charge in [0.2, 0.25) is 11.8 Å². The summed E-state index contributed by atoms with van der Waals surface area (Å²) in [6.07, 6.45) is 5.52. The fourth-order valence-electron chi connectivity index (χ4n) is 3.63. The van der Waals surface area contributed by atoms with Gasteiger partial charge in [-0.2, -0.15) is 0 Å². The Bertz CT molecular complexity index is 386. The lowest BCUT2D eigenvalue weighted by Gasteiger charge is -2.43. The van der Waals surface area contributed by atoms with E-state index in [0.717, 1.165) is 6.54 Å². The molecule has 1 saturated heterocycles. The number of nitrogens with zero attached hydrogens (tertiary/aromatic N) is 1. The largest absolute Gasteiger partial charge is 0.342 e. The molecule has 0 spiro atoms. The van der Waals surface area contributed by atoms with E-state index >= 15 is 0 Å². The standard InChI is InChI=1S/C16H28N2O2/c1-5-12-14(19)17-13(11(2)3)15(20)18(12)10-16(4)8-6-7-9-16/h11-13H,5-10H2,1-4H3,(H,17,19). The van der Waals surface area contributed by atoms with Crippen LogP contribution in [0.3, 0.4) is 0 Å². The Labute approximate surface area is 122 Å². The molecule has 2 amide bonds. The summed E-state index contributed by atoms with van der Waals surface area (Å²) in [4.78, 5) is 26.9. The summed E-state index contributed by atoms with van der Waals surface area (Å²) in [5, 5.41) is 2.90. The lowest BCUT2D eigenvalue weighted by molar-refractivity contribution is -0.152. The highest BCUT2D eigenvalue weighted by molar-refractivity contribution is 5.97. The van der Waals surface area contributed by atoms with Crippen molar-refractivity contribution in [1.82, 2.24) is 10.2 Å². The highest BCUT2D eigenvalue weighted by atomic mass is 16.2. The van der Waals surface area contributed by atoms with Gasteiger partial charge in [0.25, 0.3) is 0 Å². The molecule has 1 aliphatic carbocycles. The van der Waals surface area contributed by atoms with Gasteiger partial charge in [0, 0.05) is 6.54 Å². The van der Waals surface area contributed by atoms with Crippen LogP contribution in [0.2, 0.25) is 0 Å². The Hall–Kier alpha value is -1.06. The van der Waals surface area contributed by atoms with E-state index in [4.69, 9.17) is 0 Å². The molecule has 1 saturated carbocycles. The van der Waals surface area contributed by atoms with Crippen molar-refractivity contribution in [1.29, 1.82) is 0 Å². The molecule has 2 fully saturated rings. The highest BCUT2D eigenvalue weighted by Gasteiger charge is 2.43. The van der Waals surface area contributed by atoms with Crippen molar-refractivity contribution in [3.63, 3.8) is 0 Å². The molecule has 2 rings (SSSR count). The van der Waals surface area contributed by atoms with Gasteiger partial charge < -0.3 is 10.2 Å². The van der Waals surface area contributed by atoms with Crippen LogP contribution in [-0.4, -0.2) is 35.3 Å². The van der Waals surface area contributed by atoms with Gasteiger partial charge in [0.1, 0.15) is 12.1 Å². The molecular formula is C16H28N2O2. The zero-order valence-corrected chi connectivity index (χ0v) is 13.2. The predicted octanol–water partition coefficient (Wildman–Crippen LogP) is 2.33. The molecule has 0 radical (unpaired) electrons. The summed E-state index contributed by atoms with van der Waals surface area (Å²) in [6, 6.07) is -0.634. The second-order valence-corrected chi connectivity index (χ2v) is 7.14. The maximum atomic E-state index is 12.7. The molecule has 2 aliphatic rings. The molecule has 0 aromatic heterocycles. The van der Waals surface area contributed by atoms with Gasteiger partial charge in [0.15, 0.2) is 0 Å². The minimum Gasteiger partial charge on any atom is -0.342 e. The molecule has 4 heteroatoms. The van der Waals surface area contributed by atoms with Crippen LogP contribution in [0, 0.1) is 11.3 Å². The second-order valence-electron chi connectivity index (χ2n) is 7.14. The molecule has 2 unspecified atom stereocenters. The van der Waals surface area contributed by atoms with Gasteiger partial charge in [-0.15, -0.1) is 0 Å². The van der Waals surface area contributed by atoms with E-state index in [1.165, 1.54) is 25.7 Å². The number of carbonyl (C=O) groups is 2. The predicted molar refractivity (Wildman–Crippen MR) is 79.1 cm³/mol. The Morgan fingerprint density at radius 3 is 2.40 bits per heavy atom. The highest BCUT2D eigenvalue weighted by Crippen LogP contribution is 2.39. The van der Waals surface area contributed by atoms with Gasteiger partial charge in [-0.25, -0.2) is 0 Å². The number of rotatable bonds is 4. The third-order valence-electron chi connectivity index (χ3n) is 4.94. The summed E-state index contributed by atoms with van der Waals surface area (Å²) in [5.74, 6) is 0.273. The minimum absolute atomic E-state index is 0.0207. The number of carbonyl (C=O) groups excluding carboxylic acids is 2. The van der Waals surface area contributed by atoms with Crippen LogP contribution in [0.15, 0.2) is 0 Å². The van der Waals surface area contributed by atoms with Gasteiger partial charge in [0.05, 0.1) is 0 Å². The van der Waals surface area contributed by atoms with Crippen LogP contribution in [0.4, 0.5) is 0 Å². The monoisotopic (exact) mass is 280 g/mol. The molecular weight excluding hydrogens is 252 g/mol. The second kappa shape index (κ2) is 5.74. The van der Waals surface area contributed by atoms with Crippen molar-refractivity contribution >= 4 is 11.8 Å². The third kappa shape index (κ3) is 2.84. The van der Waals surface area contributed by atoms with Gasteiger partial charge in [-0.1, -0.05) is 40.5 Å². The Balaban J connectivity index is 2.20. The van der Waals surface area contributed by atoms with Crippen molar-refractivity contribution in [3.05, 3.63) is 0 Å². The number of amides is 2. The zero-order valence-electron chi connectivity index (χ0n) is 13.2. The normalized spacial score (nSPS) is 29.9. The third-order valence-corrected chi connectivity index (χ3v) is 4.94. The van der Waals surface area contributed by atoms with E-state index in [9.17, 15) is 9.59 Å². The van der Waals surface area contributed by atoms with E-state index in [1.54, 1.807) is 0 Å². The molecule has 0 aromatic carbocycles. The SMILES string of the molecule is CCC1C(=O)NC(C(C)C)C(=O)N1CC1(C)CCCC1. The summed E-state index contributed by atoms with van der Waals surface area (Å²) < 4.78 is 0. The van der Waals surface area contributed by atoms with E-state index < -0.39 is 0 Å². The molecule has 1 heterocycles. The van der Waals surface area contributed by atoms with Crippen molar-refractivity contribution < 1.29 is 9.59 Å². The van der Waals surface area contributed by atoms with Crippen LogP contribution in [0.25, 0.3) is 0 Å². The van der Waals surface area contributed by atoms with Crippen molar-refractivity contribution in [3.8, 4) is 0 Å². The Kier molecular flexibility index (Phi) is 4.40. The van der Waals surface area contributed by atoms with Crippen LogP contribution < -0.4 is 5.32 Å². The van der Waals surface area contributed by atoms with Crippen LogP contribution in [0.1, 0.15) is 59.8 Å². The topological polar surface area (TPSA) is 49.4 Å². The van der Waals surface area contributed by atoms with E-state index in [0.29, 0.717) is 6.42 Å². The molecule has 0 bridgehead atoms. The summed E-state index contributed by atoms with van der Waals surface area (Å²) in [7, 11) is 0. The summed E-state index contributed by atoms with van der Waals surface area (Å²) in [5.41, 5.74) is 0.197. The maximum absolute atomic E-state index is 12.7. The lowest BCUT2D eigenvalue weighted by Crippen LogP contribution is -2.65. The quantitative estimate of drug-likeness (QED) is 0.859. The maximum Gasteiger partial charge on any atom is 0.246 e.